The van der Waals surface area contributed by atoms with Crippen molar-refractivity contribution < 1.29 is 29.0 Å². The van der Waals surface area contributed by atoms with Crippen LogP contribution in [0.3, 0.4) is 0 Å². The molecular weight excluding hydrogens is 436 g/mol. The van der Waals surface area contributed by atoms with Crippen molar-refractivity contribution in [1.82, 2.24) is 10.6 Å². The molecule has 1 aliphatic carbocycles. The first-order valence-electron chi connectivity index (χ1n) is 11.6. The summed E-state index contributed by atoms with van der Waals surface area (Å²) in [6.45, 7) is 4.17. The number of carbonyl (C=O) groups is 3. The summed E-state index contributed by atoms with van der Waals surface area (Å²) < 4.78 is 11.0. The first kappa shape index (κ1) is 23.8. The minimum atomic E-state index is -0.897. The Balaban J connectivity index is 1.32. The summed E-state index contributed by atoms with van der Waals surface area (Å²) in [6, 6.07) is 15.4. The summed E-state index contributed by atoms with van der Waals surface area (Å²) in [4.78, 5) is 36.4. The molecule has 8 nitrogen and oxygen atoms in total. The molecule has 0 bridgehead atoms. The van der Waals surface area contributed by atoms with Gasteiger partial charge in [0.05, 0.1) is 18.6 Å². The third-order valence-corrected chi connectivity index (χ3v) is 6.50. The number of rotatable bonds is 8. The Kier molecular flexibility index (Phi) is 7.17. The van der Waals surface area contributed by atoms with Crippen molar-refractivity contribution in [2.24, 2.45) is 11.8 Å². The average Bonchev–Trinajstić information content (AvgIpc) is 3.43. The largest absolute Gasteiger partial charge is 0.481 e. The van der Waals surface area contributed by atoms with Crippen LogP contribution in [0.25, 0.3) is 11.1 Å². The molecule has 0 spiro atoms. The second kappa shape index (κ2) is 10.3. The smallest absolute Gasteiger partial charge is 0.407 e. The summed E-state index contributed by atoms with van der Waals surface area (Å²) in [5, 5.41) is 14.5. The Morgan fingerprint density at radius 1 is 1.06 bits per heavy atom. The maximum atomic E-state index is 12.7. The topological polar surface area (TPSA) is 114 Å². The van der Waals surface area contributed by atoms with E-state index in [4.69, 9.17) is 14.6 Å². The fraction of sp³-hybridized carbons (Fsp3) is 0.423. The number of amides is 2. The Labute approximate surface area is 198 Å². The molecule has 1 unspecified atom stereocenters. The SMILES string of the molecule is CC(C)C(NC(=O)OCC1c2ccccc2-c2ccccc21)C(=O)NC[C@@H]1C[C@H](C(=O)O)CO1. The van der Waals surface area contributed by atoms with E-state index in [1.165, 1.54) is 0 Å². The van der Waals surface area contributed by atoms with Crippen LogP contribution in [0.5, 0.6) is 0 Å². The molecule has 2 aliphatic rings. The minimum Gasteiger partial charge on any atom is -0.481 e. The maximum absolute atomic E-state index is 12.7. The van der Waals surface area contributed by atoms with Crippen LogP contribution in [0.1, 0.15) is 37.3 Å². The number of carboxylic acids is 1. The first-order chi connectivity index (χ1) is 16.3. The number of carbonyl (C=O) groups excluding carboxylic acids is 2. The summed E-state index contributed by atoms with van der Waals surface area (Å²) >= 11 is 0. The maximum Gasteiger partial charge on any atom is 0.407 e. The van der Waals surface area contributed by atoms with Crippen LogP contribution in [0.2, 0.25) is 0 Å². The second-order valence-corrected chi connectivity index (χ2v) is 9.16. The van der Waals surface area contributed by atoms with Gasteiger partial charge in [-0.05, 0) is 34.6 Å². The molecule has 1 heterocycles. The molecule has 3 N–H and O–H groups in total. The van der Waals surface area contributed by atoms with Gasteiger partial charge in [-0.2, -0.15) is 0 Å². The van der Waals surface area contributed by atoms with Crippen molar-refractivity contribution >= 4 is 18.0 Å². The van der Waals surface area contributed by atoms with Crippen LogP contribution in [0.4, 0.5) is 4.79 Å². The van der Waals surface area contributed by atoms with Gasteiger partial charge in [-0.25, -0.2) is 4.79 Å². The molecule has 0 aromatic heterocycles. The molecule has 2 aromatic carbocycles. The summed E-state index contributed by atoms with van der Waals surface area (Å²) in [7, 11) is 0. The van der Waals surface area contributed by atoms with Gasteiger partial charge in [-0.1, -0.05) is 62.4 Å². The molecule has 180 valence electrons. The van der Waals surface area contributed by atoms with E-state index in [1.807, 2.05) is 50.2 Å². The fourth-order valence-electron chi connectivity index (χ4n) is 4.65. The molecule has 34 heavy (non-hydrogen) atoms. The van der Waals surface area contributed by atoms with Crippen molar-refractivity contribution in [2.45, 2.75) is 38.3 Å². The fourth-order valence-corrected chi connectivity index (χ4v) is 4.65. The third-order valence-electron chi connectivity index (χ3n) is 6.50. The zero-order chi connectivity index (χ0) is 24.2. The normalized spacial score (nSPS) is 19.9. The Morgan fingerprint density at radius 2 is 1.68 bits per heavy atom. The van der Waals surface area contributed by atoms with Gasteiger partial charge in [0.2, 0.25) is 5.91 Å². The van der Waals surface area contributed by atoms with Crippen molar-refractivity contribution in [3.05, 3.63) is 59.7 Å². The number of carboxylic acid groups (broad SMARTS) is 1. The van der Waals surface area contributed by atoms with Crippen LogP contribution in [-0.4, -0.2) is 55.0 Å². The van der Waals surface area contributed by atoms with E-state index in [9.17, 15) is 14.4 Å². The van der Waals surface area contributed by atoms with Gasteiger partial charge in [0, 0.05) is 12.5 Å². The second-order valence-electron chi connectivity index (χ2n) is 9.16. The van der Waals surface area contributed by atoms with Crippen LogP contribution in [0, 0.1) is 11.8 Å². The number of alkyl carbamates (subject to hydrolysis) is 1. The number of fused-ring (bicyclic) bond motifs is 3. The summed E-state index contributed by atoms with van der Waals surface area (Å²) in [5.41, 5.74) is 4.52. The van der Waals surface area contributed by atoms with Gasteiger partial charge >= 0.3 is 12.1 Å². The highest BCUT2D eigenvalue weighted by molar-refractivity contribution is 5.86. The number of aliphatic carboxylic acids is 1. The molecule has 4 rings (SSSR count). The van der Waals surface area contributed by atoms with E-state index in [1.54, 1.807) is 0 Å². The number of nitrogens with one attached hydrogen (secondary N) is 2. The first-order valence-corrected chi connectivity index (χ1v) is 11.6. The molecule has 0 saturated carbocycles. The molecule has 8 heteroatoms. The average molecular weight is 467 g/mol. The van der Waals surface area contributed by atoms with E-state index in [0.29, 0.717) is 6.42 Å². The van der Waals surface area contributed by atoms with Gasteiger partial charge in [-0.3, -0.25) is 9.59 Å². The van der Waals surface area contributed by atoms with E-state index < -0.39 is 24.0 Å². The van der Waals surface area contributed by atoms with Crippen molar-refractivity contribution in [1.29, 1.82) is 0 Å². The van der Waals surface area contributed by atoms with E-state index >= 15 is 0 Å². The van der Waals surface area contributed by atoms with Gasteiger partial charge in [0.25, 0.3) is 0 Å². The Morgan fingerprint density at radius 3 is 2.24 bits per heavy atom. The van der Waals surface area contributed by atoms with E-state index in [0.717, 1.165) is 22.3 Å². The lowest BCUT2D eigenvalue weighted by atomic mass is 9.98. The molecule has 2 aromatic rings. The highest BCUT2D eigenvalue weighted by Crippen LogP contribution is 2.44. The van der Waals surface area contributed by atoms with E-state index in [-0.39, 0.29) is 43.6 Å². The Bertz CT molecular complexity index is 1020. The van der Waals surface area contributed by atoms with Gasteiger partial charge in [0.15, 0.2) is 0 Å². The molecule has 2 amide bonds. The third kappa shape index (κ3) is 5.07. The number of hydrogen-bond acceptors (Lipinski definition) is 5. The zero-order valence-electron chi connectivity index (χ0n) is 19.3. The van der Waals surface area contributed by atoms with Crippen molar-refractivity contribution in [2.75, 3.05) is 19.8 Å². The monoisotopic (exact) mass is 466 g/mol. The van der Waals surface area contributed by atoms with Gasteiger partial charge in [0.1, 0.15) is 12.6 Å². The van der Waals surface area contributed by atoms with Crippen LogP contribution in [-0.2, 0) is 19.1 Å². The molecule has 1 fully saturated rings. The predicted molar refractivity (Wildman–Crippen MR) is 125 cm³/mol. The number of hydrogen-bond donors (Lipinski definition) is 3. The molecule has 3 atom stereocenters. The predicted octanol–water partition coefficient (Wildman–Crippen LogP) is 3.16. The van der Waals surface area contributed by atoms with Crippen LogP contribution in [0.15, 0.2) is 48.5 Å². The van der Waals surface area contributed by atoms with Crippen molar-refractivity contribution in [3.63, 3.8) is 0 Å². The lowest BCUT2D eigenvalue weighted by molar-refractivity contribution is -0.141. The highest BCUT2D eigenvalue weighted by atomic mass is 16.5. The zero-order valence-corrected chi connectivity index (χ0v) is 19.3. The van der Waals surface area contributed by atoms with Gasteiger partial charge < -0.3 is 25.2 Å². The minimum absolute atomic E-state index is 0.0637. The molecule has 0 radical (unpaired) electrons. The lowest BCUT2D eigenvalue weighted by Gasteiger charge is -2.23. The highest BCUT2D eigenvalue weighted by Gasteiger charge is 2.33. The lowest BCUT2D eigenvalue weighted by Crippen LogP contribution is -2.51. The quantitative estimate of drug-likeness (QED) is 0.551. The van der Waals surface area contributed by atoms with Crippen LogP contribution < -0.4 is 10.6 Å². The summed E-state index contributed by atoms with van der Waals surface area (Å²) in [6.07, 6.45) is -0.659. The number of benzene rings is 2. The van der Waals surface area contributed by atoms with E-state index in [2.05, 4.69) is 22.8 Å². The molecule has 1 saturated heterocycles. The van der Waals surface area contributed by atoms with Crippen molar-refractivity contribution in [3.8, 4) is 11.1 Å². The number of ether oxygens (including phenoxy) is 2. The molecule has 1 aliphatic heterocycles. The molecular formula is C26H30N2O6. The van der Waals surface area contributed by atoms with Crippen LogP contribution >= 0.6 is 0 Å². The summed E-state index contributed by atoms with van der Waals surface area (Å²) in [5.74, 6) is -2.04. The van der Waals surface area contributed by atoms with Gasteiger partial charge in [-0.15, -0.1) is 0 Å². The standard InChI is InChI=1S/C26H30N2O6/c1-15(2)23(24(29)27-12-17-11-16(13-33-17)25(30)31)28-26(32)34-14-22-20-9-5-3-7-18(20)19-8-4-6-10-21(19)22/h3-10,15-17,22-23H,11-14H2,1-2H3,(H,27,29)(H,28,32)(H,30,31)/t16-,17-,23?/m0/s1. The Hall–Kier alpha value is -3.39.